The van der Waals surface area contributed by atoms with Crippen molar-refractivity contribution >= 4 is 40.8 Å². The number of hydrogen-bond acceptors (Lipinski definition) is 5. The number of carbonyl (C=O) groups is 3. The Morgan fingerprint density at radius 3 is 2.55 bits per heavy atom. The maximum Gasteiger partial charge on any atom is 0.309 e. The monoisotopic (exact) mass is 415 g/mol. The first-order valence-electron chi connectivity index (χ1n) is 9.68. The van der Waals surface area contributed by atoms with Crippen molar-refractivity contribution in [3.8, 4) is 0 Å². The highest BCUT2D eigenvalue weighted by molar-refractivity contribution is 7.80. The molecular formula is C21H25N3O4S. The van der Waals surface area contributed by atoms with Gasteiger partial charge in [0.15, 0.2) is 5.11 Å². The van der Waals surface area contributed by atoms with Gasteiger partial charge in [0, 0.05) is 12.1 Å². The summed E-state index contributed by atoms with van der Waals surface area (Å²) in [4.78, 5) is 38.4. The van der Waals surface area contributed by atoms with Gasteiger partial charge in [0.2, 0.25) is 5.91 Å². The molecule has 2 N–H and O–H groups in total. The lowest BCUT2D eigenvalue weighted by atomic mass is 9.99. The summed E-state index contributed by atoms with van der Waals surface area (Å²) in [5.41, 5.74) is 2.02. The zero-order valence-electron chi connectivity index (χ0n) is 16.7. The summed E-state index contributed by atoms with van der Waals surface area (Å²) in [6.07, 6.45) is 1.10. The van der Waals surface area contributed by atoms with Gasteiger partial charge in [-0.05, 0) is 63.5 Å². The topological polar surface area (TPSA) is 87.7 Å². The van der Waals surface area contributed by atoms with Crippen molar-refractivity contribution in [1.29, 1.82) is 0 Å². The normalized spacial score (nSPS) is 24.0. The molecule has 1 fully saturated rings. The maximum atomic E-state index is 12.9. The average Bonchev–Trinajstić information content (AvgIpc) is 3.11. The number of benzene rings is 1. The minimum absolute atomic E-state index is 0.0715. The molecule has 0 saturated carbocycles. The number of carbonyl (C=O) groups excluding carboxylic acids is 3. The van der Waals surface area contributed by atoms with Gasteiger partial charge >= 0.3 is 5.97 Å². The zero-order chi connectivity index (χ0) is 21.1. The van der Waals surface area contributed by atoms with Gasteiger partial charge < -0.3 is 20.3 Å². The van der Waals surface area contributed by atoms with Gasteiger partial charge in [-0.25, -0.2) is 0 Å². The lowest BCUT2D eigenvalue weighted by Gasteiger charge is -2.23. The van der Waals surface area contributed by atoms with Gasteiger partial charge in [0.05, 0.1) is 18.1 Å². The molecule has 1 aromatic rings. The summed E-state index contributed by atoms with van der Waals surface area (Å²) >= 11 is 5.22. The highest BCUT2D eigenvalue weighted by Gasteiger charge is 2.36. The molecule has 3 atom stereocenters. The molecule has 0 bridgehead atoms. The largest absolute Gasteiger partial charge is 0.462 e. The third-order valence-electron chi connectivity index (χ3n) is 5.35. The van der Waals surface area contributed by atoms with Crippen molar-refractivity contribution in [3.05, 3.63) is 41.6 Å². The fourth-order valence-electron chi connectivity index (χ4n) is 3.66. The Bertz CT molecular complexity index is 868. The van der Waals surface area contributed by atoms with Gasteiger partial charge in [0.25, 0.3) is 5.91 Å². The van der Waals surface area contributed by atoms with Gasteiger partial charge in [-0.1, -0.05) is 18.2 Å². The Hall–Kier alpha value is -2.74. The molecule has 0 spiro atoms. The van der Waals surface area contributed by atoms with E-state index in [4.69, 9.17) is 17.0 Å². The van der Waals surface area contributed by atoms with Gasteiger partial charge in [0.1, 0.15) is 5.70 Å². The second-order valence-electron chi connectivity index (χ2n) is 7.47. The first-order chi connectivity index (χ1) is 13.8. The van der Waals surface area contributed by atoms with Crippen molar-refractivity contribution in [3.63, 3.8) is 0 Å². The van der Waals surface area contributed by atoms with Crippen LogP contribution in [-0.2, 0) is 19.1 Å². The van der Waals surface area contributed by atoms with Crippen LogP contribution in [0.25, 0.3) is 0 Å². The third kappa shape index (κ3) is 4.64. The number of nitrogens with zero attached hydrogens (tertiary/aromatic N) is 1. The molecule has 0 aromatic heterocycles. The van der Waals surface area contributed by atoms with E-state index in [0.717, 1.165) is 11.3 Å². The first kappa shape index (κ1) is 21.0. The summed E-state index contributed by atoms with van der Waals surface area (Å²) < 4.78 is 5.10. The fraction of sp³-hybridized carbons (Fsp3) is 0.429. The van der Waals surface area contributed by atoms with Crippen LogP contribution in [0.4, 0.5) is 5.69 Å². The standard InChI is InChI=1S/C21H25N3O4S/c1-12-11-15(20(27)28-12)9-10-17(25)22-21(29)23-18-13(2)14(3)24(19(18)26)16-7-5-4-6-8-16/h4-8,12,14-15H,9-11H2,1-3H3,(H2,22,23,25,29)/t12-,14+,15+/m1/s1. The van der Waals surface area contributed by atoms with Crippen LogP contribution in [0.1, 0.15) is 40.0 Å². The van der Waals surface area contributed by atoms with E-state index in [0.29, 0.717) is 18.5 Å². The highest BCUT2D eigenvalue weighted by atomic mass is 32.1. The van der Waals surface area contributed by atoms with Crippen molar-refractivity contribution in [2.75, 3.05) is 4.90 Å². The van der Waals surface area contributed by atoms with E-state index < -0.39 is 0 Å². The maximum absolute atomic E-state index is 12.9. The minimum Gasteiger partial charge on any atom is -0.462 e. The Kier molecular flexibility index (Phi) is 6.32. The predicted molar refractivity (Wildman–Crippen MR) is 113 cm³/mol. The van der Waals surface area contributed by atoms with Gasteiger partial charge in [-0.2, -0.15) is 0 Å². The van der Waals surface area contributed by atoms with Crippen molar-refractivity contribution < 1.29 is 19.1 Å². The number of para-hydroxylation sites is 1. The van der Waals surface area contributed by atoms with Crippen LogP contribution in [0.15, 0.2) is 41.6 Å². The average molecular weight is 416 g/mol. The minimum atomic E-state index is -0.300. The molecule has 0 radical (unpaired) electrons. The molecule has 0 unspecified atom stereocenters. The van der Waals surface area contributed by atoms with Gasteiger partial charge in [-0.3, -0.25) is 14.4 Å². The molecular weight excluding hydrogens is 390 g/mol. The molecule has 2 amide bonds. The quantitative estimate of drug-likeness (QED) is 0.567. The van der Waals surface area contributed by atoms with Crippen LogP contribution < -0.4 is 15.5 Å². The summed E-state index contributed by atoms with van der Waals surface area (Å²) in [6.45, 7) is 5.65. The van der Waals surface area contributed by atoms with Crippen LogP contribution in [0.3, 0.4) is 0 Å². The van der Waals surface area contributed by atoms with E-state index in [1.165, 1.54) is 0 Å². The summed E-state index contributed by atoms with van der Waals surface area (Å²) in [6, 6.07) is 9.27. The Morgan fingerprint density at radius 2 is 1.93 bits per heavy atom. The van der Waals surface area contributed by atoms with E-state index in [9.17, 15) is 14.4 Å². The van der Waals surface area contributed by atoms with Crippen molar-refractivity contribution in [1.82, 2.24) is 10.6 Å². The number of nitrogens with one attached hydrogen (secondary N) is 2. The number of hydrogen-bond donors (Lipinski definition) is 2. The molecule has 2 aliphatic heterocycles. The van der Waals surface area contributed by atoms with Gasteiger partial charge in [-0.15, -0.1) is 0 Å². The predicted octanol–water partition coefficient (Wildman–Crippen LogP) is 2.42. The van der Waals surface area contributed by atoms with E-state index in [1.54, 1.807) is 4.90 Å². The number of thiocarbonyl (C=S) groups is 1. The Balaban J connectivity index is 1.55. The van der Waals surface area contributed by atoms with Crippen LogP contribution in [0, 0.1) is 5.92 Å². The molecule has 0 aliphatic carbocycles. The second kappa shape index (κ2) is 8.73. The molecule has 1 saturated heterocycles. The molecule has 1 aromatic carbocycles. The third-order valence-corrected chi connectivity index (χ3v) is 5.56. The van der Waals surface area contributed by atoms with Crippen molar-refractivity contribution in [2.24, 2.45) is 5.92 Å². The Morgan fingerprint density at radius 1 is 1.24 bits per heavy atom. The first-order valence-corrected chi connectivity index (χ1v) is 10.1. The summed E-state index contributed by atoms with van der Waals surface area (Å²) in [5.74, 6) is -0.996. The van der Waals surface area contributed by atoms with Crippen LogP contribution in [0.5, 0.6) is 0 Å². The number of cyclic esters (lactones) is 1. The lowest BCUT2D eigenvalue weighted by molar-refractivity contribution is -0.144. The molecule has 154 valence electrons. The number of ether oxygens (including phenoxy) is 1. The number of anilines is 1. The summed E-state index contributed by atoms with van der Waals surface area (Å²) in [7, 11) is 0. The number of rotatable bonds is 5. The molecule has 2 aliphatic rings. The molecule has 3 rings (SSSR count). The van der Waals surface area contributed by atoms with Crippen LogP contribution in [0.2, 0.25) is 0 Å². The summed E-state index contributed by atoms with van der Waals surface area (Å²) in [5, 5.41) is 5.54. The van der Waals surface area contributed by atoms with Crippen LogP contribution >= 0.6 is 12.2 Å². The number of amides is 2. The van der Waals surface area contributed by atoms with E-state index in [1.807, 2.05) is 51.1 Å². The van der Waals surface area contributed by atoms with Crippen molar-refractivity contribution in [2.45, 2.75) is 52.2 Å². The van der Waals surface area contributed by atoms with E-state index >= 15 is 0 Å². The smallest absolute Gasteiger partial charge is 0.309 e. The second-order valence-corrected chi connectivity index (χ2v) is 7.87. The highest BCUT2D eigenvalue weighted by Crippen LogP contribution is 2.29. The van der Waals surface area contributed by atoms with Crippen LogP contribution in [-0.4, -0.2) is 35.0 Å². The molecule has 2 heterocycles. The number of esters is 1. The molecule has 7 nitrogen and oxygen atoms in total. The molecule has 8 heteroatoms. The lowest BCUT2D eigenvalue weighted by Crippen LogP contribution is -2.42. The SMILES string of the molecule is CC1=C(NC(=S)NC(=O)CC[C@H]2C[C@@H](C)OC2=O)C(=O)N(c2ccccc2)[C@H]1C. The van der Waals surface area contributed by atoms with E-state index in [2.05, 4.69) is 10.6 Å². The fourth-order valence-corrected chi connectivity index (χ4v) is 3.88. The molecule has 29 heavy (non-hydrogen) atoms. The Labute approximate surface area is 175 Å². The zero-order valence-corrected chi connectivity index (χ0v) is 17.5. The van der Waals surface area contributed by atoms with E-state index in [-0.39, 0.29) is 47.4 Å².